The largest absolute Gasteiger partial charge is 0.457 e. The smallest absolute Gasteiger partial charge is 0.379 e. The number of carbonyl (C=O) groups excluding carboxylic acids is 2. The highest BCUT2D eigenvalue weighted by atomic mass is 16.6. The molecule has 0 saturated heterocycles. The van der Waals surface area contributed by atoms with E-state index in [1.165, 1.54) is 19.3 Å². The molecular weight excluding hydrogens is 296 g/mol. The Kier molecular flexibility index (Phi) is 10.7. The van der Waals surface area contributed by atoms with Gasteiger partial charge >= 0.3 is 5.97 Å². The van der Waals surface area contributed by atoms with Crippen molar-refractivity contribution in [1.82, 2.24) is 0 Å². The Labute approximate surface area is 137 Å². The molecule has 1 aromatic carbocycles. The Balaban J connectivity index is 1.96. The minimum atomic E-state index is -0.855. The third-order valence-corrected chi connectivity index (χ3v) is 3.20. The lowest BCUT2D eigenvalue weighted by Crippen LogP contribution is -2.20. The molecule has 0 aromatic heterocycles. The van der Waals surface area contributed by atoms with Crippen molar-refractivity contribution in [2.45, 2.75) is 32.6 Å². The average molecular weight is 322 g/mol. The van der Waals surface area contributed by atoms with Gasteiger partial charge in [0.25, 0.3) is 5.78 Å². The van der Waals surface area contributed by atoms with E-state index in [0.717, 1.165) is 13.0 Å². The molecule has 0 saturated carbocycles. The van der Waals surface area contributed by atoms with E-state index < -0.39 is 11.8 Å². The molecule has 0 unspecified atom stereocenters. The lowest BCUT2D eigenvalue weighted by Gasteiger charge is -2.06. The molecule has 5 heteroatoms. The highest BCUT2D eigenvalue weighted by molar-refractivity contribution is 6.40. The van der Waals surface area contributed by atoms with Crippen molar-refractivity contribution in [1.29, 1.82) is 0 Å². The fraction of sp³-hybridized carbons (Fsp3) is 0.556. The van der Waals surface area contributed by atoms with Gasteiger partial charge in [0.2, 0.25) is 0 Å². The summed E-state index contributed by atoms with van der Waals surface area (Å²) in [5.41, 5.74) is 0.329. The first-order chi connectivity index (χ1) is 11.3. The van der Waals surface area contributed by atoms with Crippen molar-refractivity contribution in [2.24, 2.45) is 0 Å². The quantitative estimate of drug-likeness (QED) is 0.242. The zero-order chi connectivity index (χ0) is 16.8. The molecule has 0 N–H and O–H groups in total. The summed E-state index contributed by atoms with van der Waals surface area (Å²) in [6, 6.07) is 8.34. The molecule has 23 heavy (non-hydrogen) atoms. The molecule has 0 spiro atoms. The summed E-state index contributed by atoms with van der Waals surface area (Å²) in [5, 5.41) is 0. The molecular formula is C18H26O5. The van der Waals surface area contributed by atoms with Crippen molar-refractivity contribution in [2.75, 3.05) is 33.0 Å². The van der Waals surface area contributed by atoms with E-state index in [0.29, 0.717) is 18.8 Å². The van der Waals surface area contributed by atoms with Gasteiger partial charge in [0.05, 0.1) is 19.8 Å². The molecule has 0 fully saturated rings. The van der Waals surface area contributed by atoms with Gasteiger partial charge in [-0.1, -0.05) is 56.5 Å². The lowest BCUT2D eigenvalue weighted by molar-refractivity contribution is -0.139. The van der Waals surface area contributed by atoms with E-state index in [1.54, 1.807) is 30.3 Å². The molecule has 1 aromatic rings. The summed E-state index contributed by atoms with van der Waals surface area (Å²) in [5.74, 6) is -1.49. The van der Waals surface area contributed by atoms with Gasteiger partial charge in [-0.15, -0.1) is 0 Å². The van der Waals surface area contributed by atoms with Gasteiger partial charge in [-0.05, 0) is 6.42 Å². The maximum atomic E-state index is 11.7. The Bertz CT molecular complexity index is 444. The molecule has 0 radical (unpaired) electrons. The average Bonchev–Trinajstić information content (AvgIpc) is 2.59. The number of ether oxygens (including phenoxy) is 3. The van der Waals surface area contributed by atoms with E-state index in [1.807, 2.05) is 0 Å². The van der Waals surface area contributed by atoms with Gasteiger partial charge < -0.3 is 14.2 Å². The maximum absolute atomic E-state index is 11.7. The Morgan fingerprint density at radius 2 is 1.48 bits per heavy atom. The van der Waals surface area contributed by atoms with Crippen molar-refractivity contribution in [3.63, 3.8) is 0 Å². The topological polar surface area (TPSA) is 61.8 Å². The van der Waals surface area contributed by atoms with E-state index in [2.05, 4.69) is 6.92 Å². The second-order valence-corrected chi connectivity index (χ2v) is 5.12. The monoisotopic (exact) mass is 322 g/mol. The molecule has 0 atom stereocenters. The Morgan fingerprint density at radius 3 is 2.17 bits per heavy atom. The molecule has 0 aliphatic rings. The standard InChI is InChI=1S/C18H26O5/c1-2-3-4-8-11-21-12-13-22-14-15-23-18(20)17(19)16-9-6-5-7-10-16/h5-7,9-10H,2-4,8,11-15H2,1H3. The molecule has 128 valence electrons. The molecule has 5 nitrogen and oxygen atoms in total. The van der Waals surface area contributed by atoms with Gasteiger partial charge in [0, 0.05) is 12.2 Å². The third-order valence-electron chi connectivity index (χ3n) is 3.20. The lowest BCUT2D eigenvalue weighted by atomic mass is 10.1. The maximum Gasteiger partial charge on any atom is 0.379 e. The SMILES string of the molecule is CCCCCCOCCOCCOC(=O)C(=O)c1ccccc1. The van der Waals surface area contributed by atoms with Crippen LogP contribution in [0.15, 0.2) is 30.3 Å². The van der Waals surface area contributed by atoms with Gasteiger partial charge in [-0.3, -0.25) is 4.79 Å². The Hall–Kier alpha value is -1.72. The van der Waals surface area contributed by atoms with Gasteiger partial charge in [0.1, 0.15) is 6.61 Å². The minimum absolute atomic E-state index is 0.0634. The molecule has 0 bridgehead atoms. The first-order valence-corrected chi connectivity index (χ1v) is 8.17. The van der Waals surface area contributed by atoms with E-state index in [9.17, 15) is 9.59 Å². The highest BCUT2D eigenvalue weighted by Crippen LogP contribution is 2.01. The number of hydrogen-bond donors (Lipinski definition) is 0. The second-order valence-electron chi connectivity index (χ2n) is 5.12. The van der Waals surface area contributed by atoms with Crippen LogP contribution in [-0.4, -0.2) is 44.8 Å². The number of unbranched alkanes of at least 4 members (excludes halogenated alkanes) is 3. The number of rotatable bonds is 13. The molecule has 1 rings (SSSR count). The molecule has 0 amide bonds. The molecule has 0 heterocycles. The van der Waals surface area contributed by atoms with E-state index in [-0.39, 0.29) is 13.2 Å². The predicted octanol–water partition coefficient (Wildman–Crippen LogP) is 3.03. The van der Waals surface area contributed by atoms with Crippen LogP contribution in [0.25, 0.3) is 0 Å². The van der Waals surface area contributed by atoms with Crippen molar-refractivity contribution in [3.05, 3.63) is 35.9 Å². The van der Waals surface area contributed by atoms with Gasteiger partial charge in [0.15, 0.2) is 0 Å². The number of Topliss-reactive ketones (excluding diaryl/α,β-unsaturated/α-hetero) is 1. The zero-order valence-electron chi connectivity index (χ0n) is 13.8. The fourth-order valence-electron chi connectivity index (χ4n) is 1.92. The van der Waals surface area contributed by atoms with Crippen LogP contribution in [0.4, 0.5) is 0 Å². The minimum Gasteiger partial charge on any atom is -0.457 e. The van der Waals surface area contributed by atoms with Crippen molar-refractivity contribution >= 4 is 11.8 Å². The highest BCUT2D eigenvalue weighted by Gasteiger charge is 2.16. The van der Waals surface area contributed by atoms with Gasteiger partial charge in [-0.25, -0.2) is 4.79 Å². The summed E-state index contributed by atoms with van der Waals surface area (Å²) in [6.45, 7) is 4.24. The number of hydrogen-bond acceptors (Lipinski definition) is 5. The summed E-state index contributed by atoms with van der Waals surface area (Å²) < 4.78 is 15.6. The van der Waals surface area contributed by atoms with Crippen LogP contribution in [0.1, 0.15) is 43.0 Å². The summed E-state index contributed by atoms with van der Waals surface area (Å²) in [7, 11) is 0. The summed E-state index contributed by atoms with van der Waals surface area (Å²) in [6.07, 6.45) is 4.73. The van der Waals surface area contributed by atoms with E-state index in [4.69, 9.17) is 14.2 Å². The first kappa shape index (κ1) is 19.3. The van der Waals surface area contributed by atoms with Crippen molar-refractivity contribution in [3.8, 4) is 0 Å². The number of esters is 1. The summed E-state index contributed by atoms with van der Waals surface area (Å²) >= 11 is 0. The molecule has 0 aliphatic carbocycles. The molecule has 0 aliphatic heterocycles. The normalized spacial score (nSPS) is 10.5. The fourth-order valence-corrected chi connectivity index (χ4v) is 1.92. The zero-order valence-corrected chi connectivity index (χ0v) is 13.8. The van der Waals surface area contributed by atoms with E-state index >= 15 is 0 Å². The first-order valence-electron chi connectivity index (χ1n) is 8.17. The van der Waals surface area contributed by atoms with Crippen LogP contribution in [0, 0.1) is 0 Å². The number of ketones is 1. The van der Waals surface area contributed by atoms with Crippen LogP contribution in [-0.2, 0) is 19.0 Å². The number of benzene rings is 1. The number of carbonyl (C=O) groups is 2. The van der Waals surface area contributed by atoms with Crippen LogP contribution in [0.5, 0.6) is 0 Å². The summed E-state index contributed by atoms with van der Waals surface area (Å²) in [4.78, 5) is 23.3. The van der Waals surface area contributed by atoms with Crippen LogP contribution in [0.2, 0.25) is 0 Å². The van der Waals surface area contributed by atoms with Crippen molar-refractivity contribution < 1.29 is 23.8 Å². The Morgan fingerprint density at radius 1 is 0.826 bits per heavy atom. The van der Waals surface area contributed by atoms with Gasteiger partial charge in [-0.2, -0.15) is 0 Å². The second kappa shape index (κ2) is 12.8. The third kappa shape index (κ3) is 9.11. The predicted molar refractivity (Wildman–Crippen MR) is 87.5 cm³/mol. The van der Waals surface area contributed by atoms with Crippen LogP contribution < -0.4 is 0 Å². The van der Waals surface area contributed by atoms with Crippen LogP contribution in [0.3, 0.4) is 0 Å². The van der Waals surface area contributed by atoms with Crippen LogP contribution >= 0.6 is 0 Å².